The molecule has 0 amide bonds. The maximum Gasteiger partial charge on any atom is 0.122 e. The first-order valence-corrected chi connectivity index (χ1v) is 5.15. The zero-order valence-corrected chi connectivity index (χ0v) is 8.84. The molecule has 1 aromatic heterocycles. The standard InChI is InChI=1S/C13H13NO2/c15-12-2-1-3-13(10-12)16-9-6-11-4-7-14-8-5-11/h1-5,7-8,10,15H,6,9H2. The molecular weight excluding hydrogens is 202 g/mol. The third-order valence-electron chi connectivity index (χ3n) is 2.23. The van der Waals surface area contributed by atoms with E-state index in [-0.39, 0.29) is 5.75 Å². The monoisotopic (exact) mass is 215 g/mol. The third kappa shape index (κ3) is 2.98. The molecular formula is C13H13NO2. The van der Waals surface area contributed by atoms with E-state index in [0.717, 1.165) is 6.42 Å². The lowest BCUT2D eigenvalue weighted by Crippen LogP contribution is -2.01. The van der Waals surface area contributed by atoms with E-state index in [1.54, 1.807) is 30.6 Å². The van der Waals surface area contributed by atoms with Gasteiger partial charge in [0, 0.05) is 24.9 Å². The van der Waals surface area contributed by atoms with Gasteiger partial charge in [0.2, 0.25) is 0 Å². The molecule has 3 heteroatoms. The molecule has 1 N–H and O–H groups in total. The molecule has 0 unspecified atom stereocenters. The topological polar surface area (TPSA) is 42.4 Å². The molecule has 16 heavy (non-hydrogen) atoms. The van der Waals surface area contributed by atoms with Crippen LogP contribution in [0.15, 0.2) is 48.8 Å². The maximum absolute atomic E-state index is 9.24. The van der Waals surface area contributed by atoms with Gasteiger partial charge in [0.15, 0.2) is 0 Å². The summed E-state index contributed by atoms with van der Waals surface area (Å²) in [7, 11) is 0. The van der Waals surface area contributed by atoms with Crippen LogP contribution in [0, 0.1) is 0 Å². The molecule has 0 radical (unpaired) electrons. The Labute approximate surface area is 94.3 Å². The van der Waals surface area contributed by atoms with Crippen LogP contribution in [0.3, 0.4) is 0 Å². The largest absolute Gasteiger partial charge is 0.508 e. The molecule has 1 heterocycles. The van der Waals surface area contributed by atoms with Crippen LogP contribution >= 0.6 is 0 Å². The van der Waals surface area contributed by atoms with Crippen molar-refractivity contribution in [3.05, 3.63) is 54.4 Å². The van der Waals surface area contributed by atoms with Crippen LogP contribution in [0.5, 0.6) is 11.5 Å². The summed E-state index contributed by atoms with van der Waals surface area (Å²) in [6.07, 6.45) is 4.37. The van der Waals surface area contributed by atoms with Crippen LogP contribution in [-0.2, 0) is 6.42 Å². The number of benzene rings is 1. The first kappa shape index (κ1) is 10.5. The highest BCUT2D eigenvalue weighted by Gasteiger charge is 1.96. The second-order valence-corrected chi connectivity index (χ2v) is 3.45. The van der Waals surface area contributed by atoms with Crippen LogP contribution in [0.1, 0.15) is 5.56 Å². The van der Waals surface area contributed by atoms with Crippen LogP contribution < -0.4 is 4.74 Å². The average Bonchev–Trinajstić information content (AvgIpc) is 2.30. The number of hydrogen-bond donors (Lipinski definition) is 1. The Morgan fingerprint density at radius 2 is 1.94 bits per heavy atom. The molecule has 0 spiro atoms. The van der Waals surface area contributed by atoms with E-state index < -0.39 is 0 Å². The summed E-state index contributed by atoms with van der Waals surface area (Å²) in [5.74, 6) is 0.912. The fraction of sp³-hybridized carbons (Fsp3) is 0.154. The summed E-state index contributed by atoms with van der Waals surface area (Å²) in [6.45, 7) is 0.591. The van der Waals surface area contributed by atoms with Crippen molar-refractivity contribution in [2.45, 2.75) is 6.42 Å². The highest BCUT2D eigenvalue weighted by Crippen LogP contribution is 2.17. The minimum atomic E-state index is 0.224. The van der Waals surface area contributed by atoms with Crippen molar-refractivity contribution in [1.82, 2.24) is 4.98 Å². The molecule has 2 aromatic rings. The Kier molecular flexibility index (Phi) is 3.38. The molecule has 0 aliphatic rings. The van der Waals surface area contributed by atoms with Gasteiger partial charge in [0.05, 0.1) is 6.61 Å². The minimum Gasteiger partial charge on any atom is -0.508 e. The fourth-order valence-electron chi connectivity index (χ4n) is 1.41. The average molecular weight is 215 g/mol. The van der Waals surface area contributed by atoms with Crippen molar-refractivity contribution >= 4 is 0 Å². The first-order chi connectivity index (χ1) is 7.84. The summed E-state index contributed by atoms with van der Waals surface area (Å²) in [4.78, 5) is 3.95. The molecule has 0 saturated carbocycles. The summed E-state index contributed by atoms with van der Waals surface area (Å²) in [5, 5.41) is 9.24. The number of ether oxygens (including phenoxy) is 1. The van der Waals surface area contributed by atoms with Gasteiger partial charge >= 0.3 is 0 Å². The summed E-state index contributed by atoms with van der Waals surface area (Å²) in [6, 6.07) is 10.7. The Morgan fingerprint density at radius 3 is 2.69 bits per heavy atom. The third-order valence-corrected chi connectivity index (χ3v) is 2.23. The highest BCUT2D eigenvalue weighted by atomic mass is 16.5. The molecule has 0 bridgehead atoms. The number of pyridine rings is 1. The second kappa shape index (κ2) is 5.16. The van der Waals surface area contributed by atoms with Gasteiger partial charge in [-0.1, -0.05) is 6.07 Å². The van der Waals surface area contributed by atoms with Gasteiger partial charge in [0.1, 0.15) is 11.5 Å². The van der Waals surface area contributed by atoms with Crippen molar-refractivity contribution in [1.29, 1.82) is 0 Å². The molecule has 0 fully saturated rings. The van der Waals surface area contributed by atoms with Gasteiger partial charge in [-0.25, -0.2) is 0 Å². The van der Waals surface area contributed by atoms with Gasteiger partial charge in [-0.05, 0) is 29.8 Å². The predicted octanol–water partition coefficient (Wildman–Crippen LogP) is 2.41. The lowest BCUT2D eigenvalue weighted by molar-refractivity contribution is 0.320. The number of nitrogens with zero attached hydrogens (tertiary/aromatic N) is 1. The molecule has 1 aromatic carbocycles. The zero-order valence-electron chi connectivity index (χ0n) is 8.84. The minimum absolute atomic E-state index is 0.224. The molecule has 0 atom stereocenters. The molecule has 0 aliphatic carbocycles. The van der Waals surface area contributed by atoms with Crippen molar-refractivity contribution in [3.63, 3.8) is 0 Å². The maximum atomic E-state index is 9.24. The highest BCUT2D eigenvalue weighted by molar-refractivity contribution is 5.31. The predicted molar refractivity (Wildman–Crippen MR) is 61.5 cm³/mol. The van der Waals surface area contributed by atoms with Crippen LogP contribution in [0.2, 0.25) is 0 Å². The van der Waals surface area contributed by atoms with Crippen LogP contribution in [0.4, 0.5) is 0 Å². The number of phenolic OH excluding ortho intramolecular Hbond substituents is 1. The van der Waals surface area contributed by atoms with E-state index in [1.807, 2.05) is 18.2 Å². The van der Waals surface area contributed by atoms with E-state index in [4.69, 9.17) is 4.74 Å². The van der Waals surface area contributed by atoms with E-state index in [9.17, 15) is 5.11 Å². The lowest BCUT2D eigenvalue weighted by Gasteiger charge is -2.06. The zero-order chi connectivity index (χ0) is 11.2. The molecule has 3 nitrogen and oxygen atoms in total. The van der Waals surface area contributed by atoms with Crippen molar-refractivity contribution < 1.29 is 9.84 Å². The first-order valence-electron chi connectivity index (χ1n) is 5.15. The second-order valence-electron chi connectivity index (χ2n) is 3.45. The van der Waals surface area contributed by atoms with E-state index >= 15 is 0 Å². The number of rotatable bonds is 4. The number of hydrogen-bond acceptors (Lipinski definition) is 3. The van der Waals surface area contributed by atoms with Gasteiger partial charge in [-0.3, -0.25) is 4.98 Å². The normalized spacial score (nSPS) is 10.0. The summed E-state index contributed by atoms with van der Waals surface area (Å²) in [5.41, 5.74) is 1.19. The number of aromatic hydroxyl groups is 1. The van der Waals surface area contributed by atoms with Gasteiger partial charge in [-0.2, -0.15) is 0 Å². The quantitative estimate of drug-likeness (QED) is 0.851. The van der Waals surface area contributed by atoms with E-state index in [2.05, 4.69) is 4.98 Å². The fourth-order valence-corrected chi connectivity index (χ4v) is 1.41. The van der Waals surface area contributed by atoms with Crippen LogP contribution in [0.25, 0.3) is 0 Å². The Balaban J connectivity index is 1.85. The number of aromatic nitrogens is 1. The molecule has 0 aliphatic heterocycles. The lowest BCUT2D eigenvalue weighted by atomic mass is 10.2. The van der Waals surface area contributed by atoms with Crippen molar-refractivity contribution in [3.8, 4) is 11.5 Å². The summed E-state index contributed by atoms with van der Waals surface area (Å²) < 4.78 is 5.51. The van der Waals surface area contributed by atoms with Crippen molar-refractivity contribution in [2.24, 2.45) is 0 Å². The summed E-state index contributed by atoms with van der Waals surface area (Å²) >= 11 is 0. The number of phenols is 1. The van der Waals surface area contributed by atoms with Crippen molar-refractivity contribution in [2.75, 3.05) is 6.61 Å². The molecule has 0 saturated heterocycles. The molecule has 2 rings (SSSR count). The van der Waals surface area contributed by atoms with E-state index in [0.29, 0.717) is 12.4 Å². The van der Waals surface area contributed by atoms with Gasteiger partial charge in [0.25, 0.3) is 0 Å². The SMILES string of the molecule is Oc1cccc(OCCc2ccncc2)c1. The van der Waals surface area contributed by atoms with Gasteiger partial charge in [-0.15, -0.1) is 0 Å². The smallest absolute Gasteiger partial charge is 0.122 e. The van der Waals surface area contributed by atoms with E-state index in [1.165, 1.54) is 5.56 Å². The van der Waals surface area contributed by atoms with Crippen LogP contribution in [-0.4, -0.2) is 16.7 Å². The Morgan fingerprint density at radius 1 is 1.12 bits per heavy atom. The van der Waals surface area contributed by atoms with Gasteiger partial charge < -0.3 is 9.84 Å². The molecule has 82 valence electrons. The Bertz CT molecular complexity index is 443. The Hall–Kier alpha value is -2.03.